The predicted octanol–water partition coefficient (Wildman–Crippen LogP) is 3.33. The zero-order chi connectivity index (χ0) is 85.7. The number of ether oxygens (including phenoxy) is 12. The van der Waals surface area contributed by atoms with E-state index in [1.807, 2.05) is 82.3 Å². The second kappa shape index (κ2) is 46.4. The number of aryl methyl sites for hydroxylation is 1. The Balaban J connectivity index is 0.631. The molecule has 3 aliphatic rings. The summed E-state index contributed by atoms with van der Waals surface area (Å²) in [6, 6.07) is 18.4. The number of nitrogens with one attached hydrogen (secondary N) is 7. The summed E-state index contributed by atoms with van der Waals surface area (Å²) in [6.45, 7) is 19.3. The number of hydrazine groups is 1. The fourth-order valence-corrected chi connectivity index (χ4v) is 13.7. The minimum absolute atomic E-state index is 0.00791. The van der Waals surface area contributed by atoms with E-state index in [9.17, 15) is 63.6 Å². The van der Waals surface area contributed by atoms with E-state index in [0.717, 1.165) is 57.4 Å². The number of esters is 2. The molecule has 119 heavy (non-hydrogen) atoms. The Morgan fingerprint density at radius 1 is 0.664 bits per heavy atom. The average Bonchev–Trinajstić information content (AvgIpc) is 1.67. The molecule has 6 aromatic rings. The highest BCUT2D eigenvalue weighted by Crippen LogP contribution is 2.44. The van der Waals surface area contributed by atoms with Crippen LogP contribution in [-0.2, 0) is 124 Å². The summed E-state index contributed by atoms with van der Waals surface area (Å²) >= 11 is 0. The second-order valence-electron chi connectivity index (χ2n) is 29.5. The summed E-state index contributed by atoms with van der Waals surface area (Å²) in [5.41, 5.74) is 5.91. The normalized spacial score (nSPS) is 18.0. The van der Waals surface area contributed by atoms with E-state index in [4.69, 9.17) is 61.8 Å². The van der Waals surface area contributed by atoms with Gasteiger partial charge < -0.3 is 118 Å². The largest absolute Gasteiger partial charge is 0.479 e. The maximum atomic E-state index is 14.9. The Morgan fingerprint density at radius 3 is 1.90 bits per heavy atom. The number of hydrogen-bond donors (Lipinski definition) is 11. The number of aromatic nitrogens is 3. The first-order valence-electron chi connectivity index (χ1n) is 40.4. The molecule has 0 spiro atoms. The molecule has 5 amide bonds. The fraction of sp³-hybridized carbons (Fsp3) is 0.566. The molecule has 0 saturated carbocycles. The number of benzene rings is 3. The molecular weight excluding hydrogens is 1550 g/mol. The standard InChI is InChI=1S/C83H115N11O25/c1-10-14-68(96)88-54-18-20-64-53(43-54)44-56(47-92(9)84-8)93(64)26-22-67(95)86-25-28-109-30-32-111-34-36-113-38-40-115-42-41-114-39-37-112-35-33-110-31-29-108-27-23-69(97)91-70(50(3)4)77(102)87-52(7)76(101)89-55-17-19-59(66(45-55)117-81-74(100)72(98)73(99)75(118-81)79(104)105)80(106)119-83(11-2)62-46-65-71-60(48-94(65)78(103)61(62)49-116-82(83)107)57(21-24-85-51(5)6)58-15-12-13-16-63(58)90-71/h12-13,15-20,43-46,50-52,70,72-75,81,84-85,98-100H,10-11,14,21-42,47-49H2,1-9H3,(H,86,95)(H,87,102)(H,88,96)(H,89,101)(H,91,97)(H,104,105)/t52-,70-,72-,73-,74+,75-,81+,83-/m0/s1. The number of aliphatic hydroxyl groups excluding tert-OH is 3. The third-order valence-corrected chi connectivity index (χ3v) is 20.2. The summed E-state index contributed by atoms with van der Waals surface area (Å²) in [6.07, 6.45) is -8.90. The molecule has 0 aliphatic carbocycles. The topological polar surface area (TPSA) is 456 Å². The highest BCUT2D eigenvalue weighted by atomic mass is 16.7. The number of nitrogens with zero attached hydrogens (tertiary/aromatic N) is 4. The molecular formula is C83H115N11O25. The summed E-state index contributed by atoms with van der Waals surface area (Å²) in [5, 5.41) is 63.3. The molecule has 1 saturated heterocycles. The van der Waals surface area contributed by atoms with E-state index in [0.29, 0.717) is 135 Å². The monoisotopic (exact) mass is 1670 g/mol. The third kappa shape index (κ3) is 25.8. The second-order valence-corrected chi connectivity index (χ2v) is 29.5. The first kappa shape index (κ1) is 93.4. The lowest BCUT2D eigenvalue weighted by atomic mass is 9.85. The van der Waals surface area contributed by atoms with Crippen LogP contribution >= 0.6 is 0 Å². The van der Waals surface area contributed by atoms with Gasteiger partial charge in [0.2, 0.25) is 41.4 Å². The predicted molar refractivity (Wildman–Crippen MR) is 434 cm³/mol. The van der Waals surface area contributed by atoms with Crippen LogP contribution in [0.15, 0.2) is 77.6 Å². The molecule has 9 rings (SSSR count). The van der Waals surface area contributed by atoms with E-state index in [1.54, 1.807) is 31.4 Å². The average molecular weight is 1670 g/mol. The van der Waals surface area contributed by atoms with Gasteiger partial charge in [-0.15, -0.1) is 0 Å². The van der Waals surface area contributed by atoms with Crippen molar-refractivity contribution in [1.29, 1.82) is 0 Å². The molecule has 8 atom stereocenters. The quantitative estimate of drug-likeness (QED) is 0.0148. The van der Waals surface area contributed by atoms with Gasteiger partial charge in [0.25, 0.3) is 5.56 Å². The van der Waals surface area contributed by atoms with Gasteiger partial charge in [0.1, 0.15) is 48.3 Å². The first-order valence-corrected chi connectivity index (χ1v) is 40.4. The van der Waals surface area contributed by atoms with E-state index in [-0.39, 0.29) is 86.9 Å². The van der Waals surface area contributed by atoms with Crippen LogP contribution in [0.2, 0.25) is 0 Å². The molecule has 3 aliphatic heterocycles. The van der Waals surface area contributed by atoms with Crippen molar-refractivity contribution >= 4 is 80.6 Å². The van der Waals surface area contributed by atoms with Gasteiger partial charge in [-0.05, 0) is 99.8 Å². The lowest BCUT2D eigenvalue weighted by molar-refractivity contribution is -0.271. The fourth-order valence-electron chi connectivity index (χ4n) is 13.7. The van der Waals surface area contributed by atoms with Crippen molar-refractivity contribution in [2.75, 3.05) is 144 Å². The zero-order valence-corrected chi connectivity index (χ0v) is 69.1. The summed E-state index contributed by atoms with van der Waals surface area (Å²) in [4.78, 5) is 127. The van der Waals surface area contributed by atoms with Crippen LogP contribution in [0.5, 0.6) is 5.75 Å². The number of carbonyl (C=O) groups is 8. The molecule has 36 heteroatoms. The zero-order valence-electron chi connectivity index (χ0n) is 69.1. The Labute approximate surface area is 690 Å². The lowest BCUT2D eigenvalue weighted by Crippen LogP contribution is -2.61. The van der Waals surface area contributed by atoms with E-state index < -0.39 is 113 Å². The maximum Gasteiger partial charge on any atom is 0.355 e. The van der Waals surface area contributed by atoms with Crippen molar-refractivity contribution in [2.45, 2.75) is 168 Å². The minimum atomic E-state index is -2.28. The number of fused-ring (bicyclic) bond motifs is 6. The van der Waals surface area contributed by atoms with Crippen molar-refractivity contribution in [1.82, 2.24) is 45.8 Å². The molecule has 1 fully saturated rings. The van der Waals surface area contributed by atoms with Gasteiger partial charge in [0, 0.05) is 96.0 Å². The number of anilines is 2. The minimum Gasteiger partial charge on any atom is -0.479 e. The van der Waals surface area contributed by atoms with Gasteiger partial charge >= 0.3 is 17.9 Å². The molecule has 0 bridgehead atoms. The number of hydrogen-bond acceptors (Lipinski definition) is 28. The Kier molecular flexibility index (Phi) is 36.4. The molecule has 652 valence electrons. The maximum absolute atomic E-state index is 14.9. The van der Waals surface area contributed by atoms with Gasteiger partial charge in [-0.2, -0.15) is 0 Å². The van der Waals surface area contributed by atoms with E-state index >= 15 is 0 Å². The number of carbonyl (C=O) groups excluding carboxylic acids is 7. The van der Waals surface area contributed by atoms with Crippen LogP contribution in [0.4, 0.5) is 11.4 Å². The van der Waals surface area contributed by atoms with Crippen molar-refractivity contribution in [3.8, 4) is 17.1 Å². The van der Waals surface area contributed by atoms with Crippen molar-refractivity contribution in [2.24, 2.45) is 5.92 Å². The Hall–Kier alpha value is -9.48. The first-order chi connectivity index (χ1) is 57.3. The number of rotatable bonds is 52. The van der Waals surface area contributed by atoms with Crippen LogP contribution in [-0.4, -0.2) is 269 Å². The Bertz CT molecular complexity index is 4480. The van der Waals surface area contributed by atoms with Crippen LogP contribution in [0.25, 0.3) is 33.2 Å². The van der Waals surface area contributed by atoms with E-state index in [2.05, 4.69) is 48.0 Å². The van der Waals surface area contributed by atoms with Crippen molar-refractivity contribution < 1.29 is 116 Å². The number of aliphatic carboxylic acids is 1. The van der Waals surface area contributed by atoms with Gasteiger partial charge in [-0.1, -0.05) is 59.7 Å². The molecule has 36 nitrogen and oxygen atoms in total. The van der Waals surface area contributed by atoms with Crippen molar-refractivity contribution in [3.05, 3.63) is 117 Å². The number of para-hydroxylation sites is 1. The van der Waals surface area contributed by atoms with Gasteiger partial charge in [0.05, 0.1) is 141 Å². The lowest BCUT2D eigenvalue weighted by Gasteiger charge is -2.38. The molecule has 0 radical (unpaired) electrons. The number of carboxylic acid groups (broad SMARTS) is 1. The Morgan fingerprint density at radius 2 is 1.29 bits per heavy atom. The number of amides is 5. The van der Waals surface area contributed by atoms with Gasteiger partial charge in [-0.25, -0.2) is 24.4 Å². The molecule has 6 heterocycles. The summed E-state index contributed by atoms with van der Waals surface area (Å²) in [5.74, 6) is -7.19. The molecule has 3 aromatic carbocycles. The van der Waals surface area contributed by atoms with Crippen LogP contribution in [0.3, 0.4) is 0 Å². The third-order valence-electron chi connectivity index (χ3n) is 20.2. The number of aliphatic hydroxyl groups is 3. The van der Waals surface area contributed by atoms with Gasteiger partial charge in [-0.3, -0.25) is 34.2 Å². The summed E-state index contributed by atoms with van der Waals surface area (Å²) in [7, 11) is 3.79. The number of pyridine rings is 2. The van der Waals surface area contributed by atoms with Crippen LogP contribution in [0, 0.1) is 5.92 Å². The van der Waals surface area contributed by atoms with E-state index in [1.165, 1.54) is 13.0 Å². The highest BCUT2D eigenvalue weighted by molar-refractivity contribution is 6.01. The van der Waals surface area contributed by atoms with Crippen LogP contribution in [0.1, 0.15) is 119 Å². The van der Waals surface area contributed by atoms with Crippen molar-refractivity contribution in [3.63, 3.8) is 0 Å². The highest BCUT2D eigenvalue weighted by Gasteiger charge is 2.52. The SMILES string of the molecule is CCCC(=O)Nc1ccc2c(c1)cc(CN(C)NC)n2CCC(=O)NCCOCCOCCOCCOCCOCCOCCOCCOCCC(=O)N[C@H](C(=O)N[C@@H](C)C(=O)Nc1ccc(C(=O)O[C@]2(CC)C(=O)OCc3c2cc2n(c3=O)Cc3c-2nc2ccccc2c3CCNC(C)C)c(O[C@@H]2O[C@H](C(=O)O)[C@@H](O)[C@H](O)[C@H]2O)c1)C(C)C. The summed E-state index contributed by atoms with van der Waals surface area (Å²) < 4.78 is 71.5. The number of cyclic esters (lactones) is 1. The molecule has 11 N–H and O–H groups in total. The number of carboxylic acids is 1. The van der Waals surface area contributed by atoms with Gasteiger partial charge in [0.15, 0.2) is 6.10 Å². The molecule has 3 aromatic heterocycles. The smallest absolute Gasteiger partial charge is 0.355 e. The molecule has 0 unspecified atom stereocenters. The van der Waals surface area contributed by atoms with Crippen LogP contribution < -0.4 is 47.6 Å².